The number of rotatable bonds is 16. The van der Waals surface area contributed by atoms with Gasteiger partial charge in [-0.2, -0.15) is 0 Å². The fourth-order valence-corrected chi connectivity index (χ4v) is 3.56. The van der Waals surface area contributed by atoms with E-state index in [0.717, 1.165) is 0 Å². The number of aliphatic hydroxyl groups is 1. The molecule has 1 aromatic carbocycles. The van der Waals surface area contributed by atoms with E-state index < -0.39 is 54.0 Å². The topological polar surface area (TPSA) is 235 Å². The average Bonchev–Trinajstić information content (AvgIpc) is 2.84. The molecule has 0 heterocycles. The van der Waals surface area contributed by atoms with Gasteiger partial charge in [-0.3, -0.25) is 19.4 Å². The van der Waals surface area contributed by atoms with Crippen LogP contribution in [0.4, 0.5) is 0 Å². The maximum absolute atomic E-state index is 13.2. The number of aliphatic imine (C=N–C) groups is 1. The number of carboxylic acid groups (broad SMARTS) is 1. The Morgan fingerprint density at radius 2 is 1.45 bits per heavy atom. The molecular formula is C25H41N7O6. The van der Waals surface area contributed by atoms with Crippen molar-refractivity contribution >= 4 is 29.7 Å². The molecule has 0 bridgehead atoms. The molecule has 0 saturated carbocycles. The highest BCUT2D eigenvalue weighted by atomic mass is 16.4. The van der Waals surface area contributed by atoms with Crippen molar-refractivity contribution in [3.8, 4) is 0 Å². The Morgan fingerprint density at radius 1 is 0.895 bits per heavy atom. The predicted molar refractivity (Wildman–Crippen MR) is 143 cm³/mol. The van der Waals surface area contributed by atoms with Crippen LogP contribution < -0.4 is 33.2 Å². The number of benzene rings is 1. The Morgan fingerprint density at radius 3 is 1.97 bits per heavy atom. The summed E-state index contributed by atoms with van der Waals surface area (Å²) in [7, 11) is 0. The summed E-state index contributed by atoms with van der Waals surface area (Å²) >= 11 is 0. The fourth-order valence-electron chi connectivity index (χ4n) is 3.56. The van der Waals surface area contributed by atoms with Crippen LogP contribution in [0.5, 0.6) is 0 Å². The number of amides is 3. The predicted octanol–water partition coefficient (Wildman–Crippen LogP) is -1.42. The van der Waals surface area contributed by atoms with E-state index in [2.05, 4.69) is 20.9 Å². The van der Waals surface area contributed by atoms with Gasteiger partial charge in [-0.05, 0) is 37.7 Å². The summed E-state index contributed by atoms with van der Waals surface area (Å²) < 4.78 is 0. The first-order valence-electron chi connectivity index (χ1n) is 12.5. The van der Waals surface area contributed by atoms with E-state index in [9.17, 15) is 29.4 Å². The molecule has 0 spiro atoms. The Bertz CT molecular complexity index is 951. The summed E-state index contributed by atoms with van der Waals surface area (Å²) in [6.07, 6.45) is -0.454. The second-order valence-electron chi connectivity index (χ2n) is 9.56. The summed E-state index contributed by atoms with van der Waals surface area (Å²) in [5, 5.41) is 26.9. The first kappa shape index (κ1) is 32.3. The van der Waals surface area contributed by atoms with Gasteiger partial charge in [-0.1, -0.05) is 44.2 Å². The van der Waals surface area contributed by atoms with Crippen molar-refractivity contribution < 1.29 is 29.4 Å². The molecule has 13 heteroatoms. The molecule has 0 aliphatic carbocycles. The second-order valence-corrected chi connectivity index (χ2v) is 9.56. The quantitative estimate of drug-likeness (QED) is 0.0703. The molecule has 212 valence electrons. The molecule has 38 heavy (non-hydrogen) atoms. The van der Waals surface area contributed by atoms with Crippen LogP contribution in [0.25, 0.3) is 0 Å². The number of nitrogens with one attached hydrogen (secondary N) is 3. The number of aliphatic carboxylic acids is 1. The van der Waals surface area contributed by atoms with Crippen LogP contribution >= 0.6 is 0 Å². The lowest BCUT2D eigenvalue weighted by molar-refractivity contribution is -0.142. The van der Waals surface area contributed by atoms with Crippen molar-refractivity contribution in [2.24, 2.45) is 28.1 Å². The van der Waals surface area contributed by atoms with Gasteiger partial charge in [0.2, 0.25) is 17.7 Å². The van der Waals surface area contributed by atoms with Gasteiger partial charge in [-0.15, -0.1) is 0 Å². The third-order valence-electron chi connectivity index (χ3n) is 5.64. The molecule has 0 saturated heterocycles. The van der Waals surface area contributed by atoms with E-state index in [0.29, 0.717) is 12.0 Å². The highest BCUT2D eigenvalue weighted by Gasteiger charge is 2.31. The van der Waals surface area contributed by atoms with Crippen molar-refractivity contribution in [1.82, 2.24) is 16.0 Å². The minimum absolute atomic E-state index is 0.00905. The van der Waals surface area contributed by atoms with Crippen molar-refractivity contribution in [2.75, 3.05) is 6.54 Å². The van der Waals surface area contributed by atoms with Crippen LogP contribution in [0.3, 0.4) is 0 Å². The zero-order valence-electron chi connectivity index (χ0n) is 22.1. The number of guanidine groups is 1. The number of carboxylic acids is 1. The Balaban J connectivity index is 3.08. The molecule has 0 aliphatic heterocycles. The lowest BCUT2D eigenvalue weighted by atomic mass is 10.0. The number of hydrogen-bond donors (Lipinski definition) is 8. The van der Waals surface area contributed by atoms with Crippen molar-refractivity contribution in [3.05, 3.63) is 35.9 Å². The zero-order chi connectivity index (χ0) is 28.8. The molecule has 1 rings (SSSR count). The summed E-state index contributed by atoms with van der Waals surface area (Å²) in [6, 6.07) is 4.14. The first-order valence-corrected chi connectivity index (χ1v) is 12.5. The molecule has 13 nitrogen and oxygen atoms in total. The summed E-state index contributed by atoms with van der Waals surface area (Å²) in [4.78, 5) is 54.5. The van der Waals surface area contributed by atoms with E-state index in [1.807, 2.05) is 13.8 Å². The summed E-state index contributed by atoms with van der Waals surface area (Å²) in [5.41, 5.74) is 17.1. The molecule has 0 fully saturated rings. The Labute approximate surface area is 222 Å². The van der Waals surface area contributed by atoms with E-state index in [-0.39, 0.29) is 37.7 Å². The van der Waals surface area contributed by atoms with E-state index >= 15 is 0 Å². The number of nitrogens with zero attached hydrogens (tertiary/aromatic N) is 1. The molecule has 5 atom stereocenters. The molecule has 0 radical (unpaired) electrons. The second kappa shape index (κ2) is 16.2. The lowest BCUT2D eigenvalue weighted by Gasteiger charge is -2.26. The highest BCUT2D eigenvalue weighted by molar-refractivity contribution is 5.94. The molecule has 11 N–H and O–H groups in total. The van der Waals surface area contributed by atoms with Gasteiger partial charge < -0.3 is 43.4 Å². The smallest absolute Gasteiger partial charge is 0.326 e. The monoisotopic (exact) mass is 535 g/mol. The summed E-state index contributed by atoms with van der Waals surface area (Å²) in [6.45, 7) is 5.24. The highest BCUT2D eigenvalue weighted by Crippen LogP contribution is 2.09. The molecule has 1 aromatic rings. The van der Waals surface area contributed by atoms with E-state index in [1.165, 1.54) is 6.92 Å². The van der Waals surface area contributed by atoms with Crippen LogP contribution in [0, 0.1) is 5.92 Å². The average molecular weight is 536 g/mol. The molecule has 0 aromatic heterocycles. The molecule has 0 aliphatic rings. The van der Waals surface area contributed by atoms with E-state index in [4.69, 9.17) is 17.2 Å². The van der Waals surface area contributed by atoms with Crippen LogP contribution in [-0.2, 0) is 25.6 Å². The molecule has 5 unspecified atom stereocenters. The molecular weight excluding hydrogens is 494 g/mol. The first-order chi connectivity index (χ1) is 17.8. The number of carbonyl (C=O) groups is 4. The van der Waals surface area contributed by atoms with Gasteiger partial charge in [-0.25, -0.2) is 4.79 Å². The van der Waals surface area contributed by atoms with Gasteiger partial charge in [0.25, 0.3) is 0 Å². The van der Waals surface area contributed by atoms with Crippen LogP contribution in [0.1, 0.15) is 45.6 Å². The van der Waals surface area contributed by atoms with Gasteiger partial charge in [0.1, 0.15) is 24.2 Å². The SMILES string of the molecule is CC(C)CC(NC(=O)C(N)C(C)O)C(=O)NC(CCCN=C(N)N)C(=O)NC(Cc1ccccc1)C(=O)O. The van der Waals surface area contributed by atoms with E-state index in [1.54, 1.807) is 30.3 Å². The maximum atomic E-state index is 13.2. The van der Waals surface area contributed by atoms with Crippen LogP contribution in [-0.4, -0.2) is 76.7 Å². The van der Waals surface area contributed by atoms with Crippen LogP contribution in [0.2, 0.25) is 0 Å². The van der Waals surface area contributed by atoms with Gasteiger partial charge in [0, 0.05) is 13.0 Å². The van der Waals surface area contributed by atoms with Crippen molar-refractivity contribution in [3.63, 3.8) is 0 Å². The largest absolute Gasteiger partial charge is 0.480 e. The minimum Gasteiger partial charge on any atom is -0.480 e. The number of aliphatic hydroxyl groups excluding tert-OH is 1. The number of nitrogens with two attached hydrogens (primary N) is 3. The van der Waals surface area contributed by atoms with Gasteiger partial charge in [0.15, 0.2) is 5.96 Å². The number of hydrogen-bond acceptors (Lipinski definition) is 7. The third-order valence-corrected chi connectivity index (χ3v) is 5.64. The van der Waals surface area contributed by atoms with Crippen molar-refractivity contribution in [1.29, 1.82) is 0 Å². The van der Waals surface area contributed by atoms with Crippen LogP contribution in [0.15, 0.2) is 35.3 Å². The van der Waals surface area contributed by atoms with Gasteiger partial charge in [0.05, 0.1) is 6.10 Å². The molecule has 3 amide bonds. The Kier molecular flexibility index (Phi) is 13.8. The lowest BCUT2D eigenvalue weighted by Crippen LogP contribution is -2.58. The maximum Gasteiger partial charge on any atom is 0.326 e. The third kappa shape index (κ3) is 12.0. The zero-order valence-corrected chi connectivity index (χ0v) is 22.1. The Hall–Kier alpha value is -3.71. The fraction of sp³-hybridized carbons (Fsp3) is 0.560. The number of carbonyl (C=O) groups excluding carboxylic acids is 3. The normalized spacial score (nSPS) is 14.9. The standard InChI is InChI=1S/C25H41N7O6/c1-14(2)12-18(31-23(36)20(26)15(3)33)22(35)30-17(10-7-11-29-25(27)28)21(34)32-19(24(37)38)13-16-8-5-4-6-9-16/h4-6,8-9,14-15,17-20,33H,7,10-13,26H2,1-3H3,(H,30,35)(H,31,36)(H,32,34)(H,37,38)(H4,27,28,29). The van der Waals surface area contributed by atoms with Crippen molar-refractivity contribution in [2.45, 2.75) is 76.7 Å². The summed E-state index contributed by atoms with van der Waals surface area (Å²) in [5.74, 6) is -3.44. The van der Waals surface area contributed by atoms with Gasteiger partial charge >= 0.3 is 5.97 Å². The minimum atomic E-state index is -1.24.